The summed E-state index contributed by atoms with van der Waals surface area (Å²) in [7, 11) is 0. The lowest BCUT2D eigenvalue weighted by molar-refractivity contribution is -0.120. The highest BCUT2D eigenvalue weighted by Crippen LogP contribution is 2.28. The molecular weight excluding hydrogens is 310 g/mol. The Hall–Kier alpha value is -1.95. The molecule has 1 aliphatic heterocycles. The first-order chi connectivity index (χ1) is 9.15. The largest absolute Gasteiger partial charge is 0.328 e. The lowest BCUT2D eigenvalue weighted by Gasteiger charge is -2.27. The van der Waals surface area contributed by atoms with Gasteiger partial charge in [-0.25, -0.2) is 4.79 Å². The SMILES string of the molecule is O=C1CCN(c2cccc3ncc(Br)cc23)C(=O)N1. The number of nitrogens with zero attached hydrogens (tertiary/aromatic N) is 2. The van der Waals surface area contributed by atoms with E-state index in [1.165, 1.54) is 0 Å². The Balaban J connectivity index is 2.12. The predicted molar refractivity (Wildman–Crippen MR) is 74.9 cm³/mol. The molecule has 2 aromatic rings. The molecule has 1 aromatic carbocycles. The van der Waals surface area contributed by atoms with Gasteiger partial charge in [0.05, 0.1) is 11.2 Å². The minimum absolute atomic E-state index is 0.235. The van der Waals surface area contributed by atoms with Crippen molar-refractivity contribution in [2.24, 2.45) is 0 Å². The van der Waals surface area contributed by atoms with Crippen molar-refractivity contribution >= 4 is 44.5 Å². The maximum Gasteiger partial charge on any atom is 0.328 e. The fourth-order valence-electron chi connectivity index (χ4n) is 2.14. The number of hydrogen-bond donors (Lipinski definition) is 1. The Morgan fingerprint density at radius 3 is 2.95 bits per heavy atom. The number of carbonyl (C=O) groups excluding carboxylic acids is 2. The smallest absolute Gasteiger partial charge is 0.293 e. The third kappa shape index (κ3) is 2.19. The number of rotatable bonds is 1. The number of nitrogens with one attached hydrogen (secondary N) is 1. The van der Waals surface area contributed by atoms with Crippen LogP contribution in [0.5, 0.6) is 0 Å². The summed E-state index contributed by atoms with van der Waals surface area (Å²) in [5.41, 5.74) is 1.57. The molecule has 0 spiro atoms. The first kappa shape index (κ1) is 12.1. The Morgan fingerprint density at radius 1 is 1.32 bits per heavy atom. The van der Waals surface area contributed by atoms with Crippen molar-refractivity contribution in [2.75, 3.05) is 11.4 Å². The fraction of sp³-hybridized carbons (Fsp3) is 0.154. The number of halogens is 1. The van der Waals surface area contributed by atoms with Gasteiger partial charge in [-0.15, -0.1) is 0 Å². The quantitative estimate of drug-likeness (QED) is 0.878. The van der Waals surface area contributed by atoms with Crippen molar-refractivity contribution in [1.82, 2.24) is 10.3 Å². The second kappa shape index (κ2) is 4.62. The third-order valence-electron chi connectivity index (χ3n) is 3.01. The highest BCUT2D eigenvalue weighted by Gasteiger charge is 2.25. The molecule has 0 aliphatic carbocycles. The number of amides is 3. The second-order valence-electron chi connectivity index (χ2n) is 4.25. The van der Waals surface area contributed by atoms with E-state index >= 15 is 0 Å². The number of pyridine rings is 1. The van der Waals surface area contributed by atoms with Crippen molar-refractivity contribution in [2.45, 2.75) is 6.42 Å². The van der Waals surface area contributed by atoms with Gasteiger partial charge in [-0.05, 0) is 34.1 Å². The molecule has 0 bridgehead atoms. The van der Waals surface area contributed by atoms with Gasteiger partial charge in [0.25, 0.3) is 0 Å². The fourth-order valence-corrected chi connectivity index (χ4v) is 2.47. The number of anilines is 1. The van der Waals surface area contributed by atoms with E-state index in [2.05, 4.69) is 26.2 Å². The first-order valence-electron chi connectivity index (χ1n) is 5.81. The van der Waals surface area contributed by atoms with E-state index in [1.54, 1.807) is 11.1 Å². The van der Waals surface area contributed by atoms with Crippen LogP contribution in [0.25, 0.3) is 10.9 Å². The first-order valence-corrected chi connectivity index (χ1v) is 6.60. The van der Waals surface area contributed by atoms with E-state index in [0.717, 1.165) is 21.1 Å². The third-order valence-corrected chi connectivity index (χ3v) is 3.45. The number of fused-ring (bicyclic) bond motifs is 1. The van der Waals surface area contributed by atoms with Crippen LogP contribution in [0.2, 0.25) is 0 Å². The molecule has 96 valence electrons. The summed E-state index contributed by atoms with van der Waals surface area (Å²) in [6.45, 7) is 0.385. The number of imide groups is 1. The van der Waals surface area contributed by atoms with Crippen molar-refractivity contribution in [3.05, 3.63) is 34.9 Å². The highest BCUT2D eigenvalue weighted by molar-refractivity contribution is 9.10. The van der Waals surface area contributed by atoms with E-state index in [9.17, 15) is 9.59 Å². The summed E-state index contributed by atoms with van der Waals surface area (Å²) < 4.78 is 0.848. The summed E-state index contributed by atoms with van der Waals surface area (Å²) in [6.07, 6.45) is 2.02. The molecule has 3 amide bonds. The maximum atomic E-state index is 11.9. The van der Waals surface area contributed by atoms with E-state index in [0.29, 0.717) is 13.0 Å². The Labute approximate surface area is 117 Å². The van der Waals surface area contributed by atoms with Crippen LogP contribution in [-0.2, 0) is 4.79 Å². The van der Waals surface area contributed by atoms with Gasteiger partial charge in [-0.1, -0.05) is 6.07 Å². The summed E-state index contributed by atoms with van der Waals surface area (Å²) in [5.74, 6) is -0.235. The summed E-state index contributed by atoms with van der Waals surface area (Å²) in [5, 5.41) is 3.20. The van der Waals surface area contributed by atoms with Gasteiger partial charge in [-0.2, -0.15) is 0 Å². The number of benzene rings is 1. The Morgan fingerprint density at radius 2 is 2.16 bits per heavy atom. The number of hydrogen-bond acceptors (Lipinski definition) is 3. The normalized spacial score (nSPS) is 15.7. The molecule has 0 saturated carbocycles. The lowest BCUT2D eigenvalue weighted by Crippen LogP contribution is -2.49. The zero-order valence-electron chi connectivity index (χ0n) is 9.89. The zero-order chi connectivity index (χ0) is 13.4. The lowest BCUT2D eigenvalue weighted by atomic mass is 10.1. The molecule has 19 heavy (non-hydrogen) atoms. The Bertz CT molecular complexity index is 687. The monoisotopic (exact) mass is 319 g/mol. The minimum Gasteiger partial charge on any atom is -0.293 e. The van der Waals surface area contributed by atoms with E-state index < -0.39 is 0 Å². The molecule has 5 nitrogen and oxygen atoms in total. The molecule has 3 rings (SSSR count). The van der Waals surface area contributed by atoms with Gasteiger partial charge < -0.3 is 0 Å². The van der Waals surface area contributed by atoms with Crippen molar-refractivity contribution in [3.8, 4) is 0 Å². The van der Waals surface area contributed by atoms with Crippen LogP contribution in [0.3, 0.4) is 0 Å². The van der Waals surface area contributed by atoms with Crippen molar-refractivity contribution in [3.63, 3.8) is 0 Å². The summed E-state index contributed by atoms with van der Waals surface area (Å²) in [6, 6.07) is 7.12. The molecular formula is C13H10BrN3O2. The van der Waals surface area contributed by atoms with Gasteiger partial charge in [0.15, 0.2) is 0 Å². The van der Waals surface area contributed by atoms with Gasteiger partial charge in [0, 0.05) is 29.0 Å². The standard InChI is InChI=1S/C13H10BrN3O2/c14-8-6-9-10(15-7-8)2-1-3-11(9)17-5-4-12(18)16-13(17)19/h1-3,6-7H,4-5H2,(H,16,18,19). The number of urea groups is 1. The topological polar surface area (TPSA) is 62.3 Å². The average molecular weight is 320 g/mol. The van der Waals surface area contributed by atoms with Crippen LogP contribution >= 0.6 is 15.9 Å². The van der Waals surface area contributed by atoms with E-state index in [4.69, 9.17) is 0 Å². The van der Waals surface area contributed by atoms with Gasteiger partial charge in [-0.3, -0.25) is 20.0 Å². The number of aromatic nitrogens is 1. The van der Waals surface area contributed by atoms with Crippen LogP contribution in [0.4, 0.5) is 10.5 Å². The molecule has 6 heteroatoms. The molecule has 1 saturated heterocycles. The van der Waals surface area contributed by atoms with E-state index in [-0.39, 0.29) is 11.9 Å². The Kier molecular flexibility index (Phi) is 2.94. The molecule has 0 atom stereocenters. The van der Waals surface area contributed by atoms with Crippen molar-refractivity contribution in [1.29, 1.82) is 0 Å². The van der Waals surface area contributed by atoms with Crippen molar-refractivity contribution < 1.29 is 9.59 Å². The van der Waals surface area contributed by atoms with Crippen LogP contribution < -0.4 is 10.2 Å². The van der Waals surface area contributed by atoms with Crippen LogP contribution in [0.15, 0.2) is 34.9 Å². The summed E-state index contributed by atoms with van der Waals surface area (Å²) in [4.78, 5) is 29.0. The molecule has 0 unspecified atom stereocenters. The van der Waals surface area contributed by atoms with Crippen LogP contribution in [0.1, 0.15) is 6.42 Å². The second-order valence-corrected chi connectivity index (χ2v) is 5.17. The molecule has 0 radical (unpaired) electrons. The number of carbonyl (C=O) groups is 2. The molecule has 1 fully saturated rings. The molecule has 2 heterocycles. The molecule has 1 N–H and O–H groups in total. The van der Waals surface area contributed by atoms with Gasteiger partial charge in [0.1, 0.15) is 0 Å². The van der Waals surface area contributed by atoms with Crippen LogP contribution in [-0.4, -0.2) is 23.5 Å². The minimum atomic E-state index is -0.385. The molecule has 1 aliphatic rings. The van der Waals surface area contributed by atoms with E-state index in [1.807, 2.05) is 24.3 Å². The predicted octanol–water partition coefficient (Wildman–Crippen LogP) is 2.44. The summed E-state index contributed by atoms with van der Waals surface area (Å²) >= 11 is 3.38. The van der Waals surface area contributed by atoms with Crippen LogP contribution in [0, 0.1) is 0 Å². The maximum absolute atomic E-state index is 11.9. The van der Waals surface area contributed by atoms with Gasteiger partial charge in [0.2, 0.25) is 5.91 Å². The highest BCUT2D eigenvalue weighted by atomic mass is 79.9. The van der Waals surface area contributed by atoms with Gasteiger partial charge >= 0.3 is 6.03 Å². The average Bonchev–Trinajstić information content (AvgIpc) is 2.38. The molecule has 1 aromatic heterocycles. The zero-order valence-corrected chi connectivity index (χ0v) is 11.5.